The van der Waals surface area contributed by atoms with Crippen LogP contribution in [0.15, 0.2) is 4.52 Å². The van der Waals surface area contributed by atoms with E-state index in [1.165, 1.54) is 0 Å². The summed E-state index contributed by atoms with van der Waals surface area (Å²) in [5.41, 5.74) is 0. The molecule has 0 bridgehead atoms. The van der Waals surface area contributed by atoms with Crippen LogP contribution in [0.25, 0.3) is 0 Å². The van der Waals surface area contributed by atoms with Gasteiger partial charge in [0.25, 0.3) is 0 Å². The molecule has 0 spiro atoms. The van der Waals surface area contributed by atoms with E-state index in [4.69, 9.17) is 4.52 Å². The number of nitrogens with one attached hydrogen (secondary N) is 1. The highest BCUT2D eigenvalue weighted by molar-refractivity contribution is 5.04. The van der Waals surface area contributed by atoms with Gasteiger partial charge in [0.15, 0.2) is 5.82 Å². The molecule has 2 saturated heterocycles. The Kier molecular flexibility index (Phi) is 3.56. The summed E-state index contributed by atoms with van der Waals surface area (Å²) in [5, 5.41) is 7.60. The summed E-state index contributed by atoms with van der Waals surface area (Å²) < 4.78 is 5.51. The third kappa shape index (κ3) is 2.52. The van der Waals surface area contributed by atoms with Crippen molar-refractivity contribution in [1.29, 1.82) is 0 Å². The van der Waals surface area contributed by atoms with Crippen molar-refractivity contribution in [1.82, 2.24) is 25.3 Å². The molecule has 1 aromatic rings. The third-order valence-corrected chi connectivity index (χ3v) is 4.44. The molecule has 0 aliphatic carbocycles. The third-order valence-electron chi connectivity index (χ3n) is 4.44. The molecule has 3 heterocycles. The van der Waals surface area contributed by atoms with E-state index in [1.807, 2.05) is 0 Å². The van der Waals surface area contributed by atoms with Crippen LogP contribution >= 0.6 is 0 Å². The molecular formula is C13H23N5O. The van der Waals surface area contributed by atoms with Gasteiger partial charge in [-0.2, -0.15) is 4.98 Å². The molecule has 2 fully saturated rings. The highest BCUT2D eigenvalue weighted by Gasteiger charge is 2.32. The number of nitrogens with zero attached hydrogens (tertiary/aromatic N) is 4. The Morgan fingerprint density at radius 1 is 1.26 bits per heavy atom. The molecular weight excluding hydrogens is 242 g/mol. The Bertz CT molecular complexity index is 434. The van der Waals surface area contributed by atoms with Gasteiger partial charge < -0.3 is 14.7 Å². The maximum absolute atomic E-state index is 5.51. The van der Waals surface area contributed by atoms with Gasteiger partial charge in [-0.1, -0.05) is 12.1 Å². The van der Waals surface area contributed by atoms with Crippen molar-refractivity contribution < 1.29 is 4.52 Å². The van der Waals surface area contributed by atoms with Gasteiger partial charge in [-0.3, -0.25) is 4.90 Å². The summed E-state index contributed by atoms with van der Waals surface area (Å²) in [4.78, 5) is 9.30. The molecule has 3 atom stereocenters. The molecule has 1 N–H and O–H groups in total. The highest BCUT2D eigenvalue weighted by atomic mass is 16.5. The average molecular weight is 265 g/mol. The normalized spacial score (nSPS) is 33.9. The zero-order chi connectivity index (χ0) is 13.4. The second-order valence-corrected chi connectivity index (χ2v) is 5.99. The van der Waals surface area contributed by atoms with E-state index in [0.717, 1.165) is 44.4 Å². The Morgan fingerprint density at radius 3 is 2.84 bits per heavy atom. The number of rotatable bonds is 2. The molecule has 0 saturated carbocycles. The summed E-state index contributed by atoms with van der Waals surface area (Å²) in [6.07, 6.45) is 0. The average Bonchev–Trinajstić information content (AvgIpc) is 3.00. The topological polar surface area (TPSA) is 57.4 Å². The minimum absolute atomic E-state index is 0.251. The fourth-order valence-electron chi connectivity index (χ4n) is 2.96. The van der Waals surface area contributed by atoms with E-state index < -0.39 is 0 Å². The first-order valence-electron chi connectivity index (χ1n) is 7.08. The second kappa shape index (κ2) is 5.19. The lowest BCUT2D eigenvalue weighted by Crippen LogP contribution is -2.45. The summed E-state index contributed by atoms with van der Waals surface area (Å²) in [6.45, 7) is 7.33. The van der Waals surface area contributed by atoms with E-state index in [2.05, 4.69) is 46.3 Å². The number of likely N-dealkylation sites (N-methyl/N-ethyl adjacent to an activating group) is 2. The minimum atomic E-state index is 0.251. The smallest absolute Gasteiger partial charge is 0.231 e. The van der Waals surface area contributed by atoms with Crippen LogP contribution in [0, 0.1) is 5.92 Å². The number of aromatic nitrogens is 2. The van der Waals surface area contributed by atoms with Gasteiger partial charge in [-0.05, 0) is 26.6 Å². The molecule has 0 aromatic carbocycles. The Labute approximate surface area is 114 Å². The van der Waals surface area contributed by atoms with Crippen molar-refractivity contribution in [2.24, 2.45) is 5.92 Å². The SMILES string of the molecule is C[C@@H]1CNC[C@H]1c1nc(C2CN(C)CCN2C)no1. The van der Waals surface area contributed by atoms with Gasteiger partial charge >= 0.3 is 0 Å². The summed E-state index contributed by atoms with van der Waals surface area (Å²) >= 11 is 0. The van der Waals surface area contributed by atoms with Crippen LogP contribution in [-0.4, -0.2) is 66.8 Å². The van der Waals surface area contributed by atoms with Crippen LogP contribution in [0.1, 0.15) is 30.6 Å². The molecule has 0 amide bonds. The lowest BCUT2D eigenvalue weighted by atomic mass is 9.98. The highest BCUT2D eigenvalue weighted by Crippen LogP contribution is 2.28. The van der Waals surface area contributed by atoms with E-state index in [-0.39, 0.29) is 6.04 Å². The molecule has 19 heavy (non-hydrogen) atoms. The van der Waals surface area contributed by atoms with Crippen LogP contribution < -0.4 is 5.32 Å². The van der Waals surface area contributed by atoms with Crippen molar-refractivity contribution in [2.45, 2.75) is 18.9 Å². The first kappa shape index (κ1) is 13.0. The molecule has 2 aliphatic rings. The maximum atomic E-state index is 5.51. The van der Waals surface area contributed by atoms with Crippen molar-refractivity contribution in [2.75, 3.05) is 46.8 Å². The first-order chi connectivity index (χ1) is 9.15. The first-order valence-corrected chi connectivity index (χ1v) is 7.08. The molecule has 0 radical (unpaired) electrons. The fraction of sp³-hybridized carbons (Fsp3) is 0.846. The predicted molar refractivity (Wildman–Crippen MR) is 71.9 cm³/mol. The van der Waals surface area contributed by atoms with Gasteiger partial charge in [0.1, 0.15) is 0 Å². The Hall–Kier alpha value is -0.980. The molecule has 1 unspecified atom stereocenters. The lowest BCUT2D eigenvalue weighted by molar-refractivity contribution is 0.108. The zero-order valence-electron chi connectivity index (χ0n) is 12.0. The van der Waals surface area contributed by atoms with E-state index in [9.17, 15) is 0 Å². The van der Waals surface area contributed by atoms with Crippen LogP contribution in [0.4, 0.5) is 0 Å². The number of hydrogen-bond donors (Lipinski definition) is 1. The van der Waals surface area contributed by atoms with E-state index >= 15 is 0 Å². The van der Waals surface area contributed by atoms with Gasteiger partial charge in [-0.15, -0.1) is 0 Å². The molecule has 1 aromatic heterocycles. The molecule has 3 rings (SSSR count). The van der Waals surface area contributed by atoms with Gasteiger partial charge in [-0.25, -0.2) is 0 Å². The quantitative estimate of drug-likeness (QED) is 0.830. The number of piperazine rings is 1. The summed E-state index contributed by atoms with van der Waals surface area (Å²) in [7, 11) is 4.28. The fourth-order valence-corrected chi connectivity index (χ4v) is 2.96. The van der Waals surface area contributed by atoms with Crippen molar-refractivity contribution in [3.63, 3.8) is 0 Å². The predicted octanol–water partition coefficient (Wildman–Crippen LogP) is 0.311. The Morgan fingerprint density at radius 2 is 2.11 bits per heavy atom. The van der Waals surface area contributed by atoms with E-state index in [0.29, 0.717) is 11.8 Å². The van der Waals surface area contributed by atoms with Crippen LogP contribution in [-0.2, 0) is 0 Å². The molecule has 6 heteroatoms. The molecule has 106 valence electrons. The largest absolute Gasteiger partial charge is 0.339 e. The standard InChI is InChI=1S/C13H23N5O/c1-9-6-14-7-10(9)13-15-12(16-19-13)11-8-17(2)4-5-18(11)3/h9-11,14H,4-8H2,1-3H3/t9-,10-,11?/m1/s1. The van der Waals surface area contributed by atoms with Crippen molar-refractivity contribution in [3.05, 3.63) is 11.7 Å². The maximum Gasteiger partial charge on any atom is 0.231 e. The summed E-state index contributed by atoms with van der Waals surface area (Å²) in [6, 6.07) is 0.251. The van der Waals surface area contributed by atoms with Crippen LogP contribution in [0.2, 0.25) is 0 Å². The van der Waals surface area contributed by atoms with Gasteiger partial charge in [0, 0.05) is 26.2 Å². The van der Waals surface area contributed by atoms with Crippen molar-refractivity contribution in [3.8, 4) is 0 Å². The number of hydrogen-bond acceptors (Lipinski definition) is 6. The van der Waals surface area contributed by atoms with Crippen LogP contribution in [0.3, 0.4) is 0 Å². The Balaban J connectivity index is 1.76. The van der Waals surface area contributed by atoms with E-state index in [1.54, 1.807) is 0 Å². The van der Waals surface area contributed by atoms with Crippen molar-refractivity contribution >= 4 is 0 Å². The second-order valence-electron chi connectivity index (χ2n) is 5.99. The zero-order valence-corrected chi connectivity index (χ0v) is 12.0. The molecule has 6 nitrogen and oxygen atoms in total. The summed E-state index contributed by atoms with van der Waals surface area (Å²) in [5.74, 6) is 2.57. The van der Waals surface area contributed by atoms with Gasteiger partial charge in [0.05, 0.1) is 12.0 Å². The molecule has 2 aliphatic heterocycles. The monoisotopic (exact) mass is 265 g/mol. The lowest BCUT2D eigenvalue weighted by Gasteiger charge is -2.35. The van der Waals surface area contributed by atoms with Crippen LogP contribution in [0.5, 0.6) is 0 Å². The van der Waals surface area contributed by atoms with Gasteiger partial charge in [0.2, 0.25) is 5.89 Å². The minimum Gasteiger partial charge on any atom is -0.339 e.